The summed E-state index contributed by atoms with van der Waals surface area (Å²) in [6.45, 7) is 0.0707. The highest BCUT2D eigenvalue weighted by Gasteiger charge is 2.28. The highest BCUT2D eigenvalue weighted by Crippen LogP contribution is 2.27. The number of hydrogen-bond donors (Lipinski definition) is 7. The third-order valence-electron chi connectivity index (χ3n) is 7.58. The number of aliphatic carboxylic acids is 3. The van der Waals surface area contributed by atoms with Crippen molar-refractivity contribution in [1.82, 2.24) is 30.2 Å². The number of carboxylic acid groups (broad SMARTS) is 3. The number of aromatic hydroxyl groups is 1. The van der Waals surface area contributed by atoms with E-state index in [-0.39, 0.29) is 90.7 Å². The van der Waals surface area contributed by atoms with Gasteiger partial charge < -0.3 is 41.5 Å². The smallest absolute Gasteiger partial charge is 0.325 e. The van der Waals surface area contributed by atoms with Gasteiger partial charge in [0.15, 0.2) is 0 Å². The van der Waals surface area contributed by atoms with E-state index in [1.54, 1.807) is 31.7 Å². The molecule has 49 heavy (non-hydrogen) atoms. The molecule has 2 amide bonds. The van der Waals surface area contributed by atoms with Gasteiger partial charge in [-0.25, -0.2) is 0 Å². The first-order valence-electron chi connectivity index (χ1n) is 15.2. The molecule has 2 rings (SSSR count). The quantitative estimate of drug-likeness (QED) is 0.0723. The maximum atomic E-state index is 13.3. The van der Waals surface area contributed by atoms with Gasteiger partial charge in [-0.05, 0) is 69.3 Å². The molecule has 18 nitrogen and oxygen atoms in total. The number of phenolic OH excluding ortho intramolecular Hbond substituents is 1. The minimum atomic E-state index is -1.23. The van der Waals surface area contributed by atoms with Crippen molar-refractivity contribution in [1.29, 1.82) is 0 Å². The van der Waals surface area contributed by atoms with Gasteiger partial charge in [0.1, 0.15) is 18.3 Å². The van der Waals surface area contributed by atoms with Crippen LogP contribution in [0.4, 0.5) is 0 Å². The zero-order valence-electron chi connectivity index (χ0n) is 27.0. The number of hydrogen-bond acceptors (Lipinski definition) is 13. The van der Waals surface area contributed by atoms with E-state index in [0.717, 1.165) is 7.11 Å². The number of carbonyl (C=O) groups excluding carboxylic acids is 3. The van der Waals surface area contributed by atoms with Gasteiger partial charge in [0, 0.05) is 58.9 Å². The van der Waals surface area contributed by atoms with Gasteiger partial charge in [-0.15, -0.1) is 0 Å². The van der Waals surface area contributed by atoms with Crippen molar-refractivity contribution in [2.45, 2.75) is 18.5 Å². The van der Waals surface area contributed by atoms with E-state index in [2.05, 4.69) is 15.4 Å². The molecular formula is C29H43I2N7O11. The SMILES string of the molecule is COC(=O)CNC(=O)C(CN1CCN(CC(=O)O)CCN(CC(=O)O)CCN(CC(=O)O)CC1)NC(=O)C(N)Cc1cc(I)c(O)c(I)c1. The third-order valence-corrected chi connectivity index (χ3v) is 9.23. The van der Waals surface area contributed by atoms with Crippen molar-refractivity contribution in [2.24, 2.45) is 5.73 Å². The number of carbonyl (C=O) groups is 6. The Kier molecular flexibility index (Phi) is 18.4. The number of nitrogens with zero attached hydrogens (tertiary/aromatic N) is 4. The van der Waals surface area contributed by atoms with E-state index in [0.29, 0.717) is 12.7 Å². The molecule has 1 saturated heterocycles. The van der Waals surface area contributed by atoms with Gasteiger partial charge in [0.05, 0.1) is 39.9 Å². The standard InChI is InChI=1S/C29H43I2N7O11/c1-49-26(45)13-33-29(48)22(34-28(47)21(32)12-18-10-19(30)27(46)20(31)11-18)14-35-2-4-36(15-23(39)40)6-8-38(17-25(43)44)9-7-37(5-3-35)16-24(41)42/h10-11,21-22,46H,2-9,12-17,32H2,1H3,(H,33,48)(H,34,47)(H,39,40)(H,41,42)(H,43,44). The summed E-state index contributed by atoms with van der Waals surface area (Å²) in [6, 6.07) is 1.05. The number of ether oxygens (including phenoxy) is 1. The van der Waals surface area contributed by atoms with Crippen molar-refractivity contribution in [3.63, 3.8) is 0 Å². The number of carboxylic acids is 3. The van der Waals surface area contributed by atoms with Crippen LogP contribution in [0.3, 0.4) is 0 Å². The van der Waals surface area contributed by atoms with Gasteiger partial charge in [-0.1, -0.05) is 0 Å². The van der Waals surface area contributed by atoms with E-state index >= 15 is 0 Å². The second kappa shape index (κ2) is 21.3. The minimum absolute atomic E-state index is 0.0888. The normalized spacial score (nSPS) is 17.1. The summed E-state index contributed by atoms with van der Waals surface area (Å²) in [6.07, 6.45) is 0.0888. The zero-order valence-corrected chi connectivity index (χ0v) is 31.3. The first-order chi connectivity index (χ1) is 23.1. The molecule has 2 unspecified atom stereocenters. The van der Waals surface area contributed by atoms with Crippen LogP contribution in [-0.2, 0) is 39.9 Å². The molecule has 1 aliphatic heterocycles. The van der Waals surface area contributed by atoms with Crippen molar-refractivity contribution < 1.29 is 53.9 Å². The average Bonchev–Trinajstić information content (AvgIpc) is 3.02. The molecule has 1 fully saturated rings. The molecule has 0 aliphatic carbocycles. The number of nitrogens with two attached hydrogens (primary N) is 1. The molecule has 20 heteroatoms. The fraction of sp³-hybridized carbons (Fsp3) is 0.586. The zero-order chi connectivity index (χ0) is 36.7. The number of phenols is 1. The molecule has 1 aromatic rings. The van der Waals surface area contributed by atoms with Gasteiger partial charge >= 0.3 is 23.9 Å². The lowest BCUT2D eigenvalue weighted by molar-refractivity contribution is -0.141. The maximum Gasteiger partial charge on any atom is 0.325 e. The second-order valence-electron chi connectivity index (χ2n) is 11.4. The first kappa shape index (κ1) is 42.3. The predicted molar refractivity (Wildman–Crippen MR) is 191 cm³/mol. The average molecular weight is 920 g/mol. The van der Waals surface area contributed by atoms with Crippen LogP contribution in [0.1, 0.15) is 5.56 Å². The van der Waals surface area contributed by atoms with Crippen molar-refractivity contribution in [3.8, 4) is 5.75 Å². The van der Waals surface area contributed by atoms with Gasteiger partial charge in [-0.2, -0.15) is 0 Å². The molecule has 0 aromatic heterocycles. The number of rotatable bonds is 15. The Labute approximate surface area is 310 Å². The minimum Gasteiger partial charge on any atom is -0.506 e. The largest absolute Gasteiger partial charge is 0.506 e. The third kappa shape index (κ3) is 16.1. The maximum absolute atomic E-state index is 13.3. The van der Waals surface area contributed by atoms with Crippen LogP contribution >= 0.6 is 45.2 Å². The Balaban J connectivity index is 2.32. The van der Waals surface area contributed by atoms with Crippen molar-refractivity contribution in [3.05, 3.63) is 24.8 Å². The Morgan fingerprint density at radius 1 is 0.776 bits per heavy atom. The summed E-state index contributed by atoms with van der Waals surface area (Å²) in [7, 11) is 1.15. The van der Waals surface area contributed by atoms with Crippen LogP contribution in [0.15, 0.2) is 12.1 Å². The summed E-state index contributed by atoms with van der Waals surface area (Å²) in [4.78, 5) is 79.8. The number of esters is 1. The number of halogens is 2. The lowest BCUT2D eigenvalue weighted by Gasteiger charge is -2.34. The van der Waals surface area contributed by atoms with Crippen molar-refractivity contribution >= 4 is 80.9 Å². The van der Waals surface area contributed by atoms with E-state index in [1.165, 1.54) is 0 Å². The van der Waals surface area contributed by atoms with Crippen LogP contribution in [0.2, 0.25) is 0 Å². The fourth-order valence-electron chi connectivity index (χ4n) is 4.98. The molecule has 0 spiro atoms. The Bertz CT molecular complexity index is 1280. The molecule has 0 saturated carbocycles. The number of amides is 2. The molecule has 1 heterocycles. The summed E-state index contributed by atoms with van der Waals surface area (Å²) < 4.78 is 5.75. The van der Waals surface area contributed by atoms with Gasteiger partial charge in [0.2, 0.25) is 11.8 Å². The van der Waals surface area contributed by atoms with Crippen LogP contribution in [0.25, 0.3) is 0 Å². The van der Waals surface area contributed by atoms with Crippen LogP contribution in [-0.4, -0.2) is 180 Å². The molecular weight excluding hydrogens is 876 g/mol. The molecule has 1 aromatic carbocycles. The summed E-state index contributed by atoms with van der Waals surface area (Å²) in [5.74, 6) is -5.23. The molecule has 2 atom stereocenters. The van der Waals surface area contributed by atoms with E-state index < -0.39 is 54.3 Å². The predicted octanol–water partition coefficient (Wildman–Crippen LogP) is -2.28. The van der Waals surface area contributed by atoms with Crippen molar-refractivity contribution in [2.75, 3.05) is 92.2 Å². The molecule has 1 aliphatic rings. The lowest BCUT2D eigenvalue weighted by atomic mass is 10.1. The molecule has 0 radical (unpaired) electrons. The summed E-state index contributed by atoms with van der Waals surface area (Å²) >= 11 is 3.93. The van der Waals surface area contributed by atoms with Crippen LogP contribution in [0.5, 0.6) is 5.75 Å². The van der Waals surface area contributed by atoms with Gasteiger partial charge in [0.25, 0.3) is 0 Å². The topological polar surface area (TPSA) is 256 Å². The number of benzene rings is 1. The van der Waals surface area contributed by atoms with E-state index in [4.69, 9.17) is 5.73 Å². The second-order valence-corrected chi connectivity index (χ2v) is 13.7. The Morgan fingerprint density at radius 3 is 1.57 bits per heavy atom. The Morgan fingerprint density at radius 2 is 1.18 bits per heavy atom. The van der Waals surface area contributed by atoms with Crippen LogP contribution in [0, 0.1) is 7.14 Å². The number of methoxy groups -OCH3 is 1. The summed E-state index contributed by atoms with van der Waals surface area (Å²) in [5, 5.41) is 43.6. The lowest BCUT2D eigenvalue weighted by Crippen LogP contribution is -2.58. The molecule has 8 N–H and O–H groups in total. The van der Waals surface area contributed by atoms with Gasteiger partial charge in [-0.3, -0.25) is 48.4 Å². The van der Waals surface area contributed by atoms with E-state index in [1.807, 2.05) is 45.2 Å². The Hall–Kier alpha value is -2.90. The summed E-state index contributed by atoms with van der Waals surface area (Å²) in [5.41, 5.74) is 6.92. The molecule has 0 bridgehead atoms. The van der Waals surface area contributed by atoms with Crippen LogP contribution < -0.4 is 16.4 Å². The van der Waals surface area contributed by atoms with E-state index in [9.17, 15) is 49.2 Å². The monoisotopic (exact) mass is 919 g/mol. The highest BCUT2D eigenvalue weighted by atomic mass is 127. The first-order valence-corrected chi connectivity index (χ1v) is 17.4. The fourth-order valence-corrected chi connectivity index (χ4v) is 6.87. The number of nitrogens with one attached hydrogen (secondary N) is 2. The molecule has 274 valence electrons. The highest BCUT2D eigenvalue weighted by molar-refractivity contribution is 14.1.